The molecule has 5 aromatic rings. The number of aromatic amines is 1. The molecule has 1 N–H and O–H groups in total. The molecule has 2 aromatic heterocycles. The lowest BCUT2D eigenvalue weighted by Gasteiger charge is -2.26. The Morgan fingerprint density at radius 2 is 1.59 bits per heavy atom. The molecule has 0 radical (unpaired) electrons. The van der Waals surface area contributed by atoms with Gasteiger partial charge in [-0.1, -0.05) is 72.3 Å². The maximum absolute atomic E-state index is 13.1. The highest BCUT2D eigenvalue weighted by Crippen LogP contribution is 2.42. The van der Waals surface area contributed by atoms with Crippen molar-refractivity contribution in [2.45, 2.75) is 0 Å². The summed E-state index contributed by atoms with van der Waals surface area (Å²) in [6.07, 6.45) is 0. The lowest BCUT2D eigenvalue weighted by Crippen LogP contribution is -2.38. The minimum Gasteiger partial charge on any atom is -0.350 e. The molecule has 1 amide bonds. The number of hydrogen-bond donors (Lipinski definition) is 1. The summed E-state index contributed by atoms with van der Waals surface area (Å²) in [7, 11) is 0. The van der Waals surface area contributed by atoms with Crippen LogP contribution >= 0.6 is 23.4 Å². The van der Waals surface area contributed by atoms with Crippen LogP contribution in [0.3, 0.4) is 0 Å². The Morgan fingerprint density at radius 1 is 0.912 bits per heavy atom. The van der Waals surface area contributed by atoms with Gasteiger partial charge < -0.3 is 9.88 Å². The number of amides is 1. The fourth-order valence-electron chi connectivity index (χ4n) is 4.68. The number of carbonyl (C=O) groups is 1. The third-order valence-corrected chi connectivity index (χ3v) is 7.57. The van der Waals surface area contributed by atoms with Crippen LogP contribution in [-0.2, 0) is 0 Å². The quantitative estimate of drug-likeness (QED) is 0.304. The molecule has 0 aliphatic carbocycles. The highest BCUT2D eigenvalue weighted by atomic mass is 35.5. The molecule has 168 valence electrons. The minimum absolute atomic E-state index is 0.00499. The Labute approximate surface area is 207 Å². The first kappa shape index (κ1) is 21.3. The molecule has 3 heterocycles. The minimum atomic E-state index is -0.00499. The Bertz CT molecular complexity index is 1510. The van der Waals surface area contributed by atoms with E-state index in [4.69, 9.17) is 16.6 Å². The number of hydrogen-bond acceptors (Lipinski definition) is 3. The first-order valence-electron chi connectivity index (χ1n) is 11.3. The van der Waals surface area contributed by atoms with Gasteiger partial charge in [-0.3, -0.25) is 4.79 Å². The molecule has 0 unspecified atom stereocenters. The van der Waals surface area contributed by atoms with Crippen molar-refractivity contribution in [2.75, 3.05) is 24.6 Å². The molecule has 6 heteroatoms. The van der Waals surface area contributed by atoms with E-state index < -0.39 is 0 Å². The van der Waals surface area contributed by atoms with E-state index in [-0.39, 0.29) is 5.91 Å². The van der Waals surface area contributed by atoms with Crippen LogP contribution < -0.4 is 0 Å². The summed E-state index contributed by atoms with van der Waals surface area (Å²) < 4.78 is 0. The summed E-state index contributed by atoms with van der Waals surface area (Å²) >= 11 is 8.72. The molecule has 4 nitrogen and oxygen atoms in total. The van der Waals surface area contributed by atoms with Gasteiger partial charge in [0.2, 0.25) is 0 Å². The number of fused-ring (bicyclic) bond motifs is 3. The summed E-state index contributed by atoms with van der Waals surface area (Å²) in [5, 5.41) is 2.41. The topological polar surface area (TPSA) is 49.0 Å². The number of pyridine rings is 1. The lowest BCUT2D eigenvalue weighted by atomic mass is 9.98. The van der Waals surface area contributed by atoms with Gasteiger partial charge in [-0.05, 0) is 23.8 Å². The van der Waals surface area contributed by atoms with Crippen LogP contribution in [0, 0.1) is 0 Å². The molecule has 0 atom stereocenters. The van der Waals surface area contributed by atoms with Gasteiger partial charge in [-0.2, -0.15) is 11.8 Å². The molecule has 0 spiro atoms. The zero-order valence-electron chi connectivity index (χ0n) is 18.4. The maximum Gasteiger partial charge on any atom is 0.270 e. The fourth-order valence-corrected chi connectivity index (χ4v) is 5.89. The zero-order chi connectivity index (χ0) is 23.1. The Balaban J connectivity index is 1.57. The number of nitrogens with zero attached hydrogens (tertiary/aromatic N) is 2. The standard InChI is InChI=1S/C28H22ClN3OS/c29-21-17-23(28(33)32-13-15-34-16-14-32)30-22-12-11-20-24(18-7-3-1-4-8-18)26(31-27(20)25(21)22)19-9-5-2-6-10-19/h1-12,17,30H,13-16H2. The van der Waals surface area contributed by atoms with Gasteiger partial charge in [0.1, 0.15) is 5.69 Å². The van der Waals surface area contributed by atoms with Gasteiger partial charge in [0.15, 0.2) is 0 Å². The van der Waals surface area contributed by atoms with Crippen LogP contribution in [0.4, 0.5) is 0 Å². The second-order valence-corrected chi connectivity index (χ2v) is 10.0. The summed E-state index contributed by atoms with van der Waals surface area (Å²) in [6, 6.07) is 26.4. The molecule has 1 aliphatic heterocycles. The smallest absolute Gasteiger partial charge is 0.270 e. The fraction of sp³-hybridized carbons (Fsp3) is 0.143. The van der Waals surface area contributed by atoms with E-state index in [1.807, 2.05) is 59.1 Å². The van der Waals surface area contributed by atoms with Crippen molar-refractivity contribution >= 4 is 51.1 Å². The van der Waals surface area contributed by atoms with E-state index in [9.17, 15) is 4.79 Å². The molecule has 0 saturated carbocycles. The summed E-state index contributed by atoms with van der Waals surface area (Å²) in [6.45, 7) is 1.52. The predicted octanol–water partition coefficient (Wildman–Crippen LogP) is 6.89. The average Bonchev–Trinajstić information content (AvgIpc) is 3.29. The molecule has 34 heavy (non-hydrogen) atoms. The van der Waals surface area contributed by atoms with Crippen molar-refractivity contribution in [1.82, 2.24) is 14.9 Å². The number of benzene rings is 3. The first-order valence-corrected chi connectivity index (χ1v) is 12.9. The number of halogens is 1. The zero-order valence-corrected chi connectivity index (χ0v) is 20.0. The SMILES string of the molecule is O=C(c1cc(Cl)c2c(ccc3c(-c4ccccc4)c(-c4ccccc4)nc32)[nH]1)N1CCSCC1. The van der Waals surface area contributed by atoms with E-state index >= 15 is 0 Å². The van der Waals surface area contributed by atoms with Gasteiger partial charge in [-0.25, -0.2) is 4.98 Å². The van der Waals surface area contributed by atoms with Crippen molar-refractivity contribution in [1.29, 1.82) is 0 Å². The highest BCUT2D eigenvalue weighted by Gasteiger charge is 2.23. The van der Waals surface area contributed by atoms with Crippen molar-refractivity contribution in [2.24, 2.45) is 0 Å². The van der Waals surface area contributed by atoms with Crippen molar-refractivity contribution < 1.29 is 4.79 Å². The van der Waals surface area contributed by atoms with Crippen LogP contribution in [0.1, 0.15) is 10.5 Å². The number of carbonyl (C=O) groups excluding carboxylic acids is 1. The average molecular weight is 484 g/mol. The first-order chi connectivity index (χ1) is 16.7. The van der Waals surface area contributed by atoms with E-state index in [2.05, 4.69) is 35.3 Å². The van der Waals surface area contributed by atoms with Crippen LogP contribution in [0.2, 0.25) is 5.02 Å². The molecular formula is C28H22ClN3OS. The van der Waals surface area contributed by atoms with Gasteiger partial charge >= 0.3 is 0 Å². The number of aromatic nitrogens is 2. The lowest BCUT2D eigenvalue weighted by molar-refractivity contribution is 0.0767. The van der Waals surface area contributed by atoms with Crippen LogP contribution in [0.15, 0.2) is 78.9 Å². The number of nitrogens with one attached hydrogen (secondary N) is 1. The second-order valence-electron chi connectivity index (χ2n) is 8.39. The van der Waals surface area contributed by atoms with E-state index in [0.29, 0.717) is 10.7 Å². The van der Waals surface area contributed by atoms with Gasteiger partial charge in [-0.15, -0.1) is 0 Å². The maximum atomic E-state index is 13.1. The van der Waals surface area contributed by atoms with Crippen LogP contribution in [0.5, 0.6) is 0 Å². The summed E-state index contributed by atoms with van der Waals surface area (Å²) in [5.41, 5.74) is 6.35. The predicted molar refractivity (Wildman–Crippen MR) is 143 cm³/mol. The molecule has 1 saturated heterocycles. The molecule has 1 aliphatic rings. The summed E-state index contributed by atoms with van der Waals surface area (Å²) in [5.74, 6) is 1.93. The normalized spacial score (nSPS) is 14.1. The molecule has 6 rings (SSSR count). The third kappa shape index (κ3) is 3.65. The van der Waals surface area contributed by atoms with Crippen molar-refractivity contribution in [3.63, 3.8) is 0 Å². The van der Waals surface area contributed by atoms with Crippen LogP contribution in [0.25, 0.3) is 44.2 Å². The number of H-pyrrole nitrogens is 1. The Morgan fingerprint density at radius 3 is 2.29 bits per heavy atom. The van der Waals surface area contributed by atoms with Crippen LogP contribution in [-0.4, -0.2) is 45.4 Å². The van der Waals surface area contributed by atoms with Crippen molar-refractivity contribution in [3.05, 3.63) is 89.6 Å². The molecule has 1 fully saturated rings. The molecular weight excluding hydrogens is 462 g/mol. The Kier molecular flexibility index (Phi) is 5.52. The van der Waals surface area contributed by atoms with Gasteiger partial charge in [0.05, 0.1) is 16.2 Å². The number of thioether (sulfide) groups is 1. The van der Waals surface area contributed by atoms with Crippen molar-refractivity contribution in [3.8, 4) is 22.4 Å². The van der Waals surface area contributed by atoms with Gasteiger partial charge in [0.25, 0.3) is 5.91 Å². The summed E-state index contributed by atoms with van der Waals surface area (Å²) in [4.78, 5) is 23.4. The Hall–Kier alpha value is -3.28. The third-order valence-electron chi connectivity index (χ3n) is 6.33. The molecule has 3 aromatic carbocycles. The van der Waals surface area contributed by atoms with E-state index in [1.165, 1.54) is 0 Å². The number of rotatable bonds is 3. The second kappa shape index (κ2) is 8.82. The highest BCUT2D eigenvalue weighted by molar-refractivity contribution is 7.99. The van der Waals surface area contributed by atoms with E-state index in [0.717, 1.165) is 68.8 Å². The largest absolute Gasteiger partial charge is 0.350 e. The van der Waals surface area contributed by atoms with E-state index in [1.54, 1.807) is 6.07 Å². The molecule has 0 bridgehead atoms. The van der Waals surface area contributed by atoms with Gasteiger partial charge in [0, 0.05) is 52.0 Å². The monoisotopic (exact) mass is 483 g/mol.